The lowest BCUT2D eigenvalue weighted by atomic mass is 9.86. The zero-order valence-corrected chi connectivity index (χ0v) is 11.5. The molecule has 0 aromatic rings. The van der Waals surface area contributed by atoms with E-state index in [1.54, 1.807) is 20.9 Å². The summed E-state index contributed by atoms with van der Waals surface area (Å²) in [6, 6.07) is -0.0108. The fraction of sp³-hybridized carbons (Fsp3) is 0.909. The first-order chi connectivity index (χ1) is 7.86. The maximum atomic E-state index is 11.7. The van der Waals surface area contributed by atoms with Crippen molar-refractivity contribution < 1.29 is 13.2 Å². The molecule has 0 aromatic carbocycles. The largest absolute Gasteiger partial charge is 0.359 e. The van der Waals surface area contributed by atoms with Gasteiger partial charge in [0, 0.05) is 19.0 Å². The molecule has 1 aliphatic carbocycles. The van der Waals surface area contributed by atoms with Crippen molar-refractivity contribution in [3.8, 4) is 0 Å². The van der Waals surface area contributed by atoms with Gasteiger partial charge in [-0.25, -0.2) is 13.1 Å². The highest BCUT2D eigenvalue weighted by Crippen LogP contribution is 2.25. The van der Waals surface area contributed by atoms with E-state index in [-0.39, 0.29) is 17.9 Å². The second-order valence-corrected chi connectivity index (χ2v) is 7.14. The van der Waals surface area contributed by atoms with Crippen molar-refractivity contribution in [2.45, 2.75) is 50.8 Å². The van der Waals surface area contributed by atoms with Crippen LogP contribution >= 0.6 is 0 Å². The van der Waals surface area contributed by atoms with Crippen molar-refractivity contribution in [2.75, 3.05) is 7.05 Å². The van der Waals surface area contributed by atoms with Crippen LogP contribution in [0.15, 0.2) is 0 Å². The first-order valence-electron chi connectivity index (χ1n) is 6.09. The van der Waals surface area contributed by atoms with E-state index in [1.807, 2.05) is 0 Å². The molecule has 0 bridgehead atoms. The third-order valence-corrected chi connectivity index (χ3v) is 5.20. The van der Waals surface area contributed by atoms with Gasteiger partial charge in [-0.1, -0.05) is 0 Å². The molecule has 2 N–H and O–H groups in total. The summed E-state index contributed by atoms with van der Waals surface area (Å²) in [4.78, 5) is 11.4. The molecule has 17 heavy (non-hydrogen) atoms. The minimum absolute atomic E-state index is 0.0108. The molecule has 100 valence electrons. The molecule has 0 spiro atoms. The van der Waals surface area contributed by atoms with Crippen LogP contribution < -0.4 is 10.0 Å². The van der Waals surface area contributed by atoms with Crippen LogP contribution in [0, 0.1) is 5.92 Å². The molecular formula is C11H22N2O3S. The van der Waals surface area contributed by atoms with E-state index in [0.29, 0.717) is 0 Å². The van der Waals surface area contributed by atoms with Gasteiger partial charge in [-0.15, -0.1) is 0 Å². The fourth-order valence-electron chi connectivity index (χ4n) is 2.05. The van der Waals surface area contributed by atoms with Crippen LogP contribution in [0.3, 0.4) is 0 Å². The number of rotatable bonds is 4. The van der Waals surface area contributed by atoms with Gasteiger partial charge in [0.2, 0.25) is 15.9 Å². The van der Waals surface area contributed by atoms with E-state index in [2.05, 4.69) is 10.0 Å². The quantitative estimate of drug-likeness (QED) is 0.780. The highest BCUT2D eigenvalue weighted by molar-refractivity contribution is 7.90. The monoisotopic (exact) mass is 262 g/mol. The topological polar surface area (TPSA) is 75.3 Å². The molecule has 0 unspecified atom stereocenters. The van der Waals surface area contributed by atoms with Crippen molar-refractivity contribution in [3.63, 3.8) is 0 Å². The number of carbonyl (C=O) groups excluding carboxylic acids is 1. The lowest BCUT2D eigenvalue weighted by Gasteiger charge is -2.28. The number of carbonyl (C=O) groups is 1. The number of hydrogen-bond donors (Lipinski definition) is 2. The minimum atomic E-state index is -3.19. The smallest absolute Gasteiger partial charge is 0.222 e. The molecule has 1 rings (SSSR count). The van der Waals surface area contributed by atoms with Crippen molar-refractivity contribution in [1.82, 2.24) is 10.0 Å². The molecule has 0 atom stereocenters. The third kappa shape index (κ3) is 3.96. The predicted molar refractivity (Wildman–Crippen MR) is 67.0 cm³/mol. The maximum Gasteiger partial charge on any atom is 0.222 e. The van der Waals surface area contributed by atoms with Gasteiger partial charge in [0.15, 0.2) is 0 Å². The Bertz CT molecular complexity index is 357. The van der Waals surface area contributed by atoms with Crippen molar-refractivity contribution in [2.24, 2.45) is 5.92 Å². The van der Waals surface area contributed by atoms with Crippen LogP contribution in [0.1, 0.15) is 39.5 Å². The van der Waals surface area contributed by atoms with E-state index >= 15 is 0 Å². The van der Waals surface area contributed by atoms with E-state index in [9.17, 15) is 13.2 Å². The third-order valence-electron chi connectivity index (χ3n) is 3.30. The van der Waals surface area contributed by atoms with Gasteiger partial charge in [0.1, 0.15) is 0 Å². The van der Waals surface area contributed by atoms with Crippen LogP contribution in [-0.2, 0) is 14.8 Å². The Morgan fingerprint density at radius 2 is 1.71 bits per heavy atom. The second-order valence-electron chi connectivity index (χ2n) is 4.87. The summed E-state index contributed by atoms with van der Waals surface area (Å²) in [5, 5.41) is 2.23. The average Bonchev–Trinajstić information content (AvgIpc) is 2.28. The van der Waals surface area contributed by atoms with Gasteiger partial charge in [-0.3, -0.25) is 4.79 Å². The first kappa shape index (κ1) is 14.4. The van der Waals surface area contributed by atoms with Crippen LogP contribution in [0.2, 0.25) is 0 Å². The summed E-state index contributed by atoms with van der Waals surface area (Å²) >= 11 is 0. The van der Waals surface area contributed by atoms with Crippen molar-refractivity contribution >= 4 is 15.9 Å². The van der Waals surface area contributed by atoms with Crippen LogP contribution in [0.25, 0.3) is 0 Å². The summed E-state index contributed by atoms with van der Waals surface area (Å²) in [5.41, 5.74) is 0. The van der Waals surface area contributed by atoms with Crippen LogP contribution in [0.5, 0.6) is 0 Å². The fourth-order valence-corrected chi connectivity index (χ4v) is 3.02. The molecule has 1 fully saturated rings. The Balaban J connectivity index is 2.46. The molecule has 0 aliphatic heterocycles. The van der Waals surface area contributed by atoms with E-state index in [0.717, 1.165) is 25.7 Å². The van der Waals surface area contributed by atoms with E-state index < -0.39 is 15.3 Å². The van der Waals surface area contributed by atoms with E-state index in [4.69, 9.17) is 0 Å². The summed E-state index contributed by atoms with van der Waals surface area (Å²) in [5.74, 6) is 0.106. The molecule has 5 nitrogen and oxygen atoms in total. The molecule has 1 amide bonds. The zero-order chi connectivity index (χ0) is 13.1. The molecule has 1 saturated carbocycles. The number of nitrogens with one attached hydrogen (secondary N) is 2. The molecule has 0 saturated heterocycles. The Hall–Kier alpha value is -0.620. The van der Waals surface area contributed by atoms with E-state index in [1.165, 1.54) is 0 Å². The Morgan fingerprint density at radius 3 is 2.12 bits per heavy atom. The molecule has 0 radical (unpaired) electrons. The SMILES string of the molecule is CNC(=O)C1CCC(NS(=O)(=O)C(C)C)CC1. The van der Waals surface area contributed by atoms with Gasteiger partial charge < -0.3 is 5.32 Å². The average molecular weight is 262 g/mol. The predicted octanol–water partition coefficient (Wildman–Crippen LogP) is 0.619. The number of hydrogen-bond acceptors (Lipinski definition) is 3. The number of amides is 1. The number of sulfonamides is 1. The van der Waals surface area contributed by atoms with Gasteiger partial charge in [0.05, 0.1) is 5.25 Å². The Kier molecular flexibility index (Phi) is 4.94. The zero-order valence-electron chi connectivity index (χ0n) is 10.7. The lowest BCUT2D eigenvalue weighted by molar-refractivity contribution is -0.125. The van der Waals surface area contributed by atoms with Crippen LogP contribution in [0.4, 0.5) is 0 Å². The normalized spacial score (nSPS) is 25.9. The first-order valence-corrected chi connectivity index (χ1v) is 7.64. The molecule has 0 aromatic heterocycles. The second kappa shape index (κ2) is 5.82. The molecule has 0 heterocycles. The van der Waals surface area contributed by atoms with Crippen molar-refractivity contribution in [3.05, 3.63) is 0 Å². The summed E-state index contributed by atoms with van der Waals surface area (Å²) in [6.07, 6.45) is 2.99. The van der Waals surface area contributed by atoms with Crippen LogP contribution in [-0.4, -0.2) is 32.7 Å². The minimum Gasteiger partial charge on any atom is -0.359 e. The Labute approximate surface area is 103 Å². The van der Waals surface area contributed by atoms with Gasteiger partial charge in [0.25, 0.3) is 0 Å². The molecular weight excluding hydrogens is 240 g/mol. The maximum absolute atomic E-state index is 11.7. The molecule has 1 aliphatic rings. The highest BCUT2D eigenvalue weighted by Gasteiger charge is 2.28. The summed E-state index contributed by atoms with van der Waals surface area (Å²) < 4.78 is 26.1. The van der Waals surface area contributed by atoms with Gasteiger partial charge in [-0.05, 0) is 39.5 Å². The van der Waals surface area contributed by atoms with Gasteiger partial charge >= 0.3 is 0 Å². The highest BCUT2D eigenvalue weighted by atomic mass is 32.2. The summed E-state index contributed by atoms with van der Waals surface area (Å²) in [6.45, 7) is 3.33. The van der Waals surface area contributed by atoms with Gasteiger partial charge in [-0.2, -0.15) is 0 Å². The Morgan fingerprint density at radius 1 is 1.18 bits per heavy atom. The van der Waals surface area contributed by atoms with Crippen molar-refractivity contribution in [1.29, 1.82) is 0 Å². The molecule has 6 heteroatoms. The standard InChI is InChI=1S/C11H22N2O3S/c1-8(2)17(15,16)13-10-6-4-9(5-7-10)11(14)12-3/h8-10,13H,4-7H2,1-3H3,(H,12,14). The lowest BCUT2D eigenvalue weighted by Crippen LogP contribution is -2.42. The summed E-state index contributed by atoms with van der Waals surface area (Å²) in [7, 11) is -1.56.